The molecule has 0 amide bonds. The summed E-state index contributed by atoms with van der Waals surface area (Å²) in [6.07, 6.45) is 10.5. The molecular formula is C19H34. The van der Waals surface area contributed by atoms with E-state index >= 15 is 0 Å². The summed E-state index contributed by atoms with van der Waals surface area (Å²) >= 11 is 0. The van der Waals surface area contributed by atoms with Crippen LogP contribution in [-0.2, 0) is 0 Å². The lowest BCUT2D eigenvalue weighted by Gasteiger charge is -2.27. The number of unbranched alkanes of at least 4 members (excludes halogenated alkanes) is 1. The van der Waals surface area contributed by atoms with Crippen molar-refractivity contribution < 1.29 is 0 Å². The van der Waals surface area contributed by atoms with E-state index in [0.29, 0.717) is 5.41 Å². The lowest BCUT2D eigenvalue weighted by Crippen LogP contribution is -2.14. The molecule has 0 aromatic carbocycles. The second-order valence-corrected chi connectivity index (χ2v) is 7.84. The standard InChI is InChI=1S/C19H34/c1-7-8-9-17(14-19(4,5)6)10-11-18-13-15(2)12-16(18)3/h17-18H,2-3,7-14H2,1,4-6H3. The zero-order chi connectivity index (χ0) is 14.5. The van der Waals surface area contributed by atoms with Gasteiger partial charge in [-0.05, 0) is 49.4 Å². The fourth-order valence-electron chi connectivity index (χ4n) is 3.48. The van der Waals surface area contributed by atoms with Crippen LogP contribution in [0.25, 0.3) is 0 Å². The third-order valence-electron chi connectivity index (χ3n) is 4.38. The molecule has 1 fully saturated rings. The van der Waals surface area contributed by atoms with Crippen LogP contribution in [0.2, 0.25) is 0 Å². The zero-order valence-corrected chi connectivity index (χ0v) is 13.7. The third-order valence-corrected chi connectivity index (χ3v) is 4.38. The minimum Gasteiger partial charge on any atom is -0.0995 e. The second-order valence-electron chi connectivity index (χ2n) is 7.84. The third kappa shape index (κ3) is 6.45. The van der Waals surface area contributed by atoms with Gasteiger partial charge >= 0.3 is 0 Å². The van der Waals surface area contributed by atoms with Gasteiger partial charge in [0.2, 0.25) is 0 Å². The molecule has 1 aliphatic rings. The lowest BCUT2D eigenvalue weighted by molar-refractivity contribution is 0.256. The van der Waals surface area contributed by atoms with Gasteiger partial charge in [-0.3, -0.25) is 0 Å². The molecule has 1 aliphatic carbocycles. The van der Waals surface area contributed by atoms with Gasteiger partial charge < -0.3 is 0 Å². The molecule has 0 bridgehead atoms. The van der Waals surface area contributed by atoms with Gasteiger partial charge in [0.15, 0.2) is 0 Å². The molecule has 1 rings (SSSR count). The van der Waals surface area contributed by atoms with E-state index in [2.05, 4.69) is 40.9 Å². The van der Waals surface area contributed by atoms with Crippen molar-refractivity contribution in [2.75, 3.05) is 0 Å². The summed E-state index contributed by atoms with van der Waals surface area (Å²) in [5.74, 6) is 1.64. The van der Waals surface area contributed by atoms with Crippen molar-refractivity contribution in [3.63, 3.8) is 0 Å². The quantitative estimate of drug-likeness (QED) is 0.457. The van der Waals surface area contributed by atoms with Gasteiger partial charge in [-0.15, -0.1) is 0 Å². The van der Waals surface area contributed by atoms with Crippen LogP contribution in [0.3, 0.4) is 0 Å². The summed E-state index contributed by atoms with van der Waals surface area (Å²) in [4.78, 5) is 0. The van der Waals surface area contributed by atoms with Crippen molar-refractivity contribution in [3.05, 3.63) is 24.3 Å². The van der Waals surface area contributed by atoms with Crippen molar-refractivity contribution in [2.24, 2.45) is 17.3 Å². The molecule has 0 saturated heterocycles. The van der Waals surface area contributed by atoms with E-state index in [1.54, 1.807) is 0 Å². The van der Waals surface area contributed by atoms with Gasteiger partial charge in [-0.1, -0.05) is 71.3 Å². The first-order valence-corrected chi connectivity index (χ1v) is 8.16. The predicted octanol–water partition coefficient (Wildman–Crippen LogP) is 6.53. The highest BCUT2D eigenvalue weighted by Gasteiger charge is 2.24. The Kier molecular flexibility index (Phi) is 6.36. The van der Waals surface area contributed by atoms with Crippen LogP contribution in [0, 0.1) is 17.3 Å². The van der Waals surface area contributed by atoms with Gasteiger partial charge in [0.25, 0.3) is 0 Å². The molecule has 0 aromatic rings. The molecule has 0 N–H and O–H groups in total. The monoisotopic (exact) mass is 262 g/mol. The highest BCUT2D eigenvalue weighted by molar-refractivity contribution is 5.21. The van der Waals surface area contributed by atoms with Crippen LogP contribution in [0.15, 0.2) is 24.3 Å². The Morgan fingerprint density at radius 2 is 1.89 bits per heavy atom. The second kappa shape index (κ2) is 7.31. The molecule has 0 nitrogen and oxygen atoms in total. The van der Waals surface area contributed by atoms with Gasteiger partial charge in [-0.25, -0.2) is 0 Å². The van der Waals surface area contributed by atoms with E-state index in [4.69, 9.17) is 0 Å². The Labute approximate surface area is 121 Å². The van der Waals surface area contributed by atoms with Crippen molar-refractivity contribution in [2.45, 2.75) is 79.1 Å². The van der Waals surface area contributed by atoms with E-state index in [-0.39, 0.29) is 0 Å². The molecule has 0 heterocycles. The van der Waals surface area contributed by atoms with E-state index in [1.807, 2.05) is 0 Å². The zero-order valence-electron chi connectivity index (χ0n) is 13.7. The molecule has 2 atom stereocenters. The Balaban J connectivity index is 2.43. The highest BCUT2D eigenvalue weighted by Crippen LogP contribution is 2.39. The normalized spacial score (nSPS) is 22.0. The minimum absolute atomic E-state index is 0.467. The highest BCUT2D eigenvalue weighted by atomic mass is 14.3. The van der Waals surface area contributed by atoms with Crippen LogP contribution in [-0.4, -0.2) is 0 Å². The molecule has 2 unspecified atom stereocenters. The van der Waals surface area contributed by atoms with Crippen LogP contribution in [0.5, 0.6) is 0 Å². The molecule has 0 heteroatoms. The maximum Gasteiger partial charge on any atom is -0.0111 e. The lowest BCUT2D eigenvalue weighted by atomic mass is 9.79. The van der Waals surface area contributed by atoms with Crippen LogP contribution in [0.1, 0.15) is 79.1 Å². The molecule has 110 valence electrons. The van der Waals surface area contributed by atoms with Crippen LogP contribution < -0.4 is 0 Å². The maximum absolute atomic E-state index is 4.24. The first-order valence-electron chi connectivity index (χ1n) is 8.16. The van der Waals surface area contributed by atoms with Crippen LogP contribution in [0.4, 0.5) is 0 Å². The summed E-state index contributed by atoms with van der Waals surface area (Å²) in [5.41, 5.74) is 3.31. The topological polar surface area (TPSA) is 0 Å². The van der Waals surface area contributed by atoms with E-state index in [0.717, 1.165) is 18.3 Å². The van der Waals surface area contributed by atoms with E-state index in [1.165, 1.54) is 56.1 Å². The Morgan fingerprint density at radius 1 is 1.21 bits per heavy atom. The maximum atomic E-state index is 4.24. The van der Waals surface area contributed by atoms with Gasteiger partial charge in [0, 0.05) is 0 Å². The van der Waals surface area contributed by atoms with Crippen molar-refractivity contribution in [1.29, 1.82) is 0 Å². The number of allylic oxidation sites excluding steroid dienone is 2. The molecule has 19 heavy (non-hydrogen) atoms. The van der Waals surface area contributed by atoms with Crippen molar-refractivity contribution >= 4 is 0 Å². The summed E-state index contributed by atoms with van der Waals surface area (Å²) in [6, 6.07) is 0. The number of hydrogen-bond acceptors (Lipinski definition) is 0. The minimum atomic E-state index is 0.467. The first kappa shape index (κ1) is 16.5. The number of rotatable bonds is 7. The van der Waals surface area contributed by atoms with Crippen molar-refractivity contribution in [1.82, 2.24) is 0 Å². The number of hydrogen-bond donors (Lipinski definition) is 0. The average molecular weight is 262 g/mol. The molecule has 0 aliphatic heterocycles. The molecule has 0 aromatic heterocycles. The Morgan fingerprint density at radius 3 is 2.37 bits per heavy atom. The summed E-state index contributed by atoms with van der Waals surface area (Å²) in [6.45, 7) is 17.8. The smallest absolute Gasteiger partial charge is 0.0111 e. The fourth-order valence-corrected chi connectivity index (χ4v) is 3.48. The molecule has 1 saturated carbocycles. The van der Waals surface area contributed by atoms with Crippen molar-refractivity contribution in [3.8, 4) is 0 Å². The molecular weight excluding hydrogens is 228 g/mol. The van der Waals surface area contributed by atoms with Gasteiger partial charge in [-0.2, -0.15) is 0 Å². The molecule has 0 spiro atoms. The summed E-state index contributed by atoms with van der Waals surface area (Å²) < 4.78 is 0. The largest absolute Gasteiger partial charge is 0.0995 e. The van der Waals surface area contributed by atoms with Gasteiger partial charge in [0.1, 0.15) is 0 Å². The van der Waals surface area contributed by atoms with E-state index < -0.39 is 0 Å². The Bertz CT molecular complexity index is 302. The first-order chi connectivity index (χ1) is 8.81. The van der Waals surface area contributed by atoms with Crippen LogP contribution >= 0.6 is 0 Å². The summed E-state index contributed by atoms with van der Waals surface area (Å²) in [5, 5.41) is 0. The summed E-state index contributed by atoms with van der Waals surface area (Å²) in [7, 11) is 0. The van der Waals surface area contributed by atoms with E-state index in [9.17, 15) is 0 Å². The SMILES string of the molecule is C=C1CC(=C)C(CCC(CCCC)CC(C)(C)C)C1. The fraction of sp³-hybridized carbons (Fsp3) is 0.789. The Hall–Kier alpha value is -0.520. The predicted molar refractivity (Wildman–Crippen MR) is 87.3 cm³/mol. The average Bonchev–Trinajstić information content (AvgIpc) is 2.59. The van der Waals surface area contributed by atoms with Gasteiger partial charge in [0.05, 0.1) is 0 Å². The molecule has 0 radical (unpaired) electrons.